The molecule has 0 saturated heterocycles. The van der Waals surface area contributed by atoms with E-state index in [-0.39, 0.29) is 31.3 Å². The summed E-state index contributed by atoms with van der Waals surface area (Å²) in [5.74, 6) is -1.48. The van der Waals surface area contributed by atoms with Crippen molar-refractivity contribution in [3.8, 4) is 0 Å². The van der Waals surface area contributed by atoms with E-state index in [1.165, 1.54) is 0 Å². The standard InChI is InChI=1S/C36H69N5O10/c1-8-9-10-17-30(42)38-20-13-12-16-29(33(45)50-35(2,3)4)41-32(44)28(15-11-14-21-39-34(46)51-36(5,6)7)40-31(43)18-22-47-24-26-49-27-25-48-23-19-37/h28-29H,8-27,37H2,1-7H3,(H,38,42)(H,39,46)(H,40,43)(H,41,44)/t28-,29-/m0/s1. The van der Waals surface area contributed by atoms with E-state index < -0.39 is 41.3 Å². The fourth-order valence-electron chi connectivity index (χ4n) is 4.52. The van der Waals surface area contributed by atoms with Gasteiger partial charge < -0.3 is 50.7 Å². The molecule has 0 bridgehead atoms. The second kappa shape index (κ2) is 28.6. The summed E-state index contributed by atoms with van der Waals surface area (Å²) >= 11 is 0. The smallest absolute Gasteiger partial charge is 0.407 e. The van der Waals surface area contributed by atoms with Crippen LogP contribution in [0, 0.1) is 0 Å². The van der Waals surface area contributed by atoms with Gasteiger partial charge in [-0.15, -0.1) is 0 Å². The number of nitrogens with two attached hydrogens (primary N) is 1. The molecule has 0 fully saturated rings. The number of carbonyl (C=O) groups excluding carboxylic acids is 5. The highest BCUT2D eigenvalue weighted by atomic mass is 16.6. The van der Waals surface area contributed by atoms with Crippen LogP contribution in [0.2, 0.25) is 0 Å². The van der Waals surface area contributed by atoms with E-state index in [4.69, 9.17) is 29.4 Å². The Hall–Kier alpha value is -3.01. The lowest BCUT2D eigenvalue weighted by molar-refractivity contribution is -0.159. The summed E-state index contributed by atoms with van der Waals surface area (Å²) < 4.78 is 27.0. The first-order valence-corrected chi connectivity index (χ1v) is 18.6. The third kappa shape index (κ3) is 30.3. The van der Waals surface area contributed by atoms with Gasteiger partial charge in [0.15, 0.2) is 0 Å². The molecule has 0 aliphatic heterocycles. The molecule has 2 atom stereocenters. The van der Waals surface area contributed by atoms with Crippen LogP contribution in [0.1, 0.15) is 119 Å². The van der Waals surface area contributed by atoms with Crippen LogP contribution in [0.25, 0.3) is 0 Å². The van der Waals surface area contributed by atoms with Gasteiger partial charge in [0, 0.05) is 32.5 Å². The monoisotopic (exact) mass is 732 g/mol. The number of alkyl carbamates (subject to hydrolysis) is 1. The van der Waals surface area contributed by atoms with E-state index >= 15 is 0 Å². The first-order chi connectivity index (χ1) is 24.1. The Labute approximate surface area is 305 Å². The molecule has 4 amide bonds. The summed E-state index contributed by atoms with van der Waals surface area (Å²) in [6.45, 7) is 16.0. The van der Waals surface area contributed by atoms with Gasteiger partial charge in [0.1, 0.15) is 23.3 Å². The minimum atomic E-state index is -0.950. The van der Waals surface area contributed by atoms with Gasteiger partial charge >= 0.3 is 12.1 Å². The highest BCUT2D eigenvalue weighted by Gasteiger charge is 2.29. The Morgan fingerprint density at radius 1 is 0.588 bits per heavy atom. The first-order valence-electron chi connectivity index (χ1n) is 18.6. The summed E-state index contributed by atoms with van der Waals surface area (Å²) in [6, 6.07) is -1.89. The quantitative estimate of drug-likeness (QED) is 0.0558. The van der Waals surface area contributed by atoms with Crippen LogP contribution in [-0.2, 0) is 42.9 Å². The van der Waals surface area contributed by atoms with Crippen molar-refractivity contribution in [1.29, 1.82) is 0 Å². The number of amides is 4. The van der Waals surface area contributed by atoms with E-state index in [0.717, 1.165) is 19.3 Å². The topological polar surface area (TPSA) is 206 Å². The number of nitrogens with one attached hydrogen (secondary N) is 4. The zero-order valence-electron chi connectivity index (χ0n) is 32.5. The van der Waals surface area contributed by atoms with Crippen LogP contribution in [0.5, 0.6) is 0 Å². The lowest BCUT2D eigenvalue weighted by atomic mass is 10.1. The van der Waals surface area contributed by atoms with E-state index in [2.05, 4.69) is 28.2 Å². The Morgan fingerprint density at radius 2 is 1.14 bits per heavy atom. The average Bonchev–Trinajstić information content (AvgIpc) is 3.02. The lowest BCUT2D eigenvalue weighted by Gasteiger charge is -2.26. The largest absolute Gasteiger partial charge is 0.458 e. The normalized spacial score (nSPS) is 12.8. The van der Waals surface area contributed by atoms with Crippen molar-refractivity contribution >= 4 is 29.8 Å². The zero-order valence-corrected chi connectivity index (χ0v) is 32.5. The highest BCUT2D eigenvalue weighted by molar-refractivity contribution is 5.90. The molecule has 0 unspecified atom stereocenters. The Balaban J connectivity index is 5.24. The second-order valence-electron chi connectivity index (χ2n) is 14.3. The van der Waals surface area contributed by atoms with Crippen molar-refractivity contribution in [2.24, 2.45) is 5.73 Å². The molecule has 15 nitrogen and oxygen atoms in total. The van der Waals surface area contributed by atoms with E-state index in [1.54, 1.807) is 41.5 Å². The number of carbonyl (C=O) groups is 5. The van der Waals surface area contributed by atoms with Gasteiger partial charge in [-0.2, -0.15) is 0 Å². The zero-order chi connectivity index (χ0) is 38.5. The number of unbranched alkanes of at least 4 members (excludes halogenated alkanes) is 4. The third-order valence-corrected chi connectivity index (χ3v) is 6.98. The van der Waals surface area contributed by atoms with Crippen LogP contribution in [0.3, 0.4) is 0 Å². The maximum Gasteiger partial charge on any atom is 0.407 e. The molecule has 0 aromatic carbocycles. The minimum Gasteiger partial charge on any atom is -0.458 e. The van der Waals surface area contributed by atoms with Gasteiger partial charge in [0.05, 0.1) is 39.6 Å². The van der Waals surface area contributed by atoms with Crippen LogP contribution in [-0.4, -0.2) is 112 Å². The lowest BCUT2D eigenvalue weighted by Crippen LogP contribution is -2.52. The van der Waals surface area contributed by atoms with Gasteiger partial charge in [-0.3, -0.25) is 14.4 Å². The second-order valence-corrected chi connectivity index (χ2v) is 14.3. The van der Waals surface area contributed by atoms with Gasteiger partial charge in [0.25, 0.3) is 0 Å². The minimum absolute atomic E-state index is 0.00297. The molecule has 0 aliphatic rings. The Kier molecular flexibility index (Phi) is 26.9. The predicted molar refractivity (Wildman–Crippen MR) is 195 cm³/mol. The van der Waals surface area contributed by atoms with Crippen LogP contribution < -0.4 is 27.0 Å². The first kappa shape index (κ1) is 48.0. The molecule has 0 heterocycles. The molecular formula is C36H69N5O10. The number of ether oxygens (including phenoxy) is 5. The summed E-state index contributed by atoms with van der Waals surface area (Å²) in [4.78, 5) is 63.6. The van der Waals surface area contributed by atoms with E-state index in [1.807, 2.05) is 0 Å². The van der Waals surface area contributed by atoms with E-state index in [0.29, 0.717) is 91.2 Å². The maximum atomic E-state index is 13.6. The molecule has 0 aromatic rings. The fraction of sp³-hybridized carbons (Fsp3) is 0.861. The number of hydrogen-bond acceptors (Lipinski definition) is 11. The van der Waals surface area contributed by atoms with Gasteiger partial charge in [-0.05, 0) is 86.5 Å². The van der Waals surface area contributed by atoms with Crippen molar-refractivity contribution < 1.29 is 47.7 Å². The molecule has 51 heavy (non-hydrogen) atoms. The number of esters is 1. The Bertz CT molecular complexity index is 984. The number of rotatable bonds is 29. The highest BCUT2D eigenvalue weighted by Crippen LogP contribution is 2.13. The van der Waals surface area contributed by atoms with Gasteiger partial charge in [-0.25, -0.2) is 9.59 Å². The summed E-state index contributed by atoms with van der Waals surface area (Å²) in [7, 11) is 0. The molecule has 0 aliphatic carbocycles. The average molecular weight is 732 g/mol. The van der Waals surface area contributed by atoms with Crippen molar-refractivity contribution in [2.45, 2.75) is 142 Å². The van der Waals surface area contributed by atoms with Gasteiger partial charge in [-0.1, -0.05) is 19.8 Å². The summed E-state index contributed by atoms with van der Waals surface area (Å²) in [5, 5.41) is 11.2. The van der Waals surface area contributed by atoms with Crippen molar-refractivity contribution in [3.63, 3.8) is 0 Å². The van der Waals surface area contributed by atoms with Crippen molar-refractivity contribution in [3.05, 3.63) is 0 Å². The number of hydrogen-bond donors (Lipinski definition) is 5. The SMILES string of the molecule is CCCCCC(=O)NCCCC[C@H](NC(=O)[C@H](CCCCNC(=O)OC(C)(C)C)NC(=O)CCOCCOCCOCCN)C(=O)OC(C)(C)C. The predicted octanol–water partition coefficient (Wildman–Crippen LogP) is 3.26. The fourth-order valence-corrected chi connectivity index (χ4v) is 4.52. The third-order valence-electron chi connectivity index (χ3n) is 6.98. The molecule has 0 saturated carbocycles. The summed E-state index contributed by atoms with van der Waals surface area (Å²) in [5.41, 5.74) is 3.97. The van der Waals surface area contributed by atoms with Gasteiger partial charge in [0.2, 0.25) is 17.7 Å². The Morgan fingerprint density at radius 3 is 1.71 bits per heavy atom. The molecule has 0 rings (SSSR count). The molecule has 0 radical (unpaired) electrons. The van der Waals surface area contributed by atoms with Crippen LogP contribution >= 0.6 is 0 Å². The van der Waals surface area contributed by atoms with E-state index in [9.17, 15) is 24.0 Å². The molecule has 298 valence electrons. The van der Waals surface area contributed by atoms with Crippen LogP contribution in [0.15, 0.2) is 0 Å². The molecule has 0 spiro atoms. The molecule has 0 aromatic heterocycles. The van der Waals surface area contributed by atoms with Crippen LogP contribution in [0.4, 0.5) is 4.79 Å². The van der Waals surface area contributed by atoms with Crippen molar-refractivity contribution in [2.75, 3.05) is 59.3 Å². The molecular weight excluding hydrogens is 662 g/mol. The van der Waals surface area contributed by atoms with Crippen molar-refractivity contribution in [1.82, 2.24) is 21.3 Å². The summed E-state index contributed by atoms with van der Waals surface area (Å²) in [6.07, 6.45) is 5.61. The molecule has 15 heteroatoms. The molecule has 6 N–H and O–H groups in total. The maximum absolute atomic E-state index is 13.6.